The van der Waals surface area contributed by atoms with Gasteiger partial charge in [0, 0.05) is 12.6 Å². The third-order valence-corrected chi connectivity index (χ3v) is 8.91. The fourth-order valence-electron chi connectivity index (χ4n) is 7.55. The fourth-order valence-corrected chi connectivity index (χ4v) is 7.55. The second-order valence-corrected chi connectivity index (χ2v) is 13.0. The van der Waals surface area contributed by atoms with Gasteiger partial charge in [0.15, 0.2) is 0 Å². The SMILES string of the molecule is CC(C)(C)OC(=O)C1CCCN1C(=O)c1cc(C2CC2)c(OC2[C@@H]3CC4C[C@H]2CC(F)(C4)C3)cc1F. The van der Waals surface area contributed by atoms with Crippen molar-refractivity contribution in [2.24, 2.45) is 17.8 Å². The number of hydrogen-bond donors (Lipinski definition) is 0. The molecular weight excluding hydrogens is 464 g/mol. The van der Waals surface area contributed by atoms with E-state index < -0.39 is 35.0 Å². The van der Waals surface area contributed by atoms with Crippen molar-refractivity contribution in [2.75, 3.05) is 6.54 Å². The second-order valence-electron chi connectivity index (χ2n) is 13.0. The summed E-state index contributed by atoms with van der Waals surface area (Å²) >= 11 is 0. The van der Waals surface area contributed by atoms with Crippen molar-refractivity contribution in [3.63, 3.8) is 0 Å². The molecule has 1 aromatic rings. The van der Waals surface area contributed by atoms with Crippen molar-refractivity contribution >= 4 is 11.9 Å². The standard InChI is InChI=1S/C29H37F2NO4/c1-28(2,3)36-27(34)23-5-4-8-32(23)26(33)21-11-20(17-6-7-17)24(12-22(21)30)35-25-18-9-16-10-19(25)15-29(31,13-16)14-18/h11-12,16-19,23,25H,4-10,13-15H2,1-3H3/t16?,18-,19+,23?,25?,29?. The summed E-state index contributed by atoms with van der Waals surface area (Å²) < 4.78 is 42.7. The molecule has 7 rings (SSSR count). The van der Waals surface area contributed by atoms with E-state index in [1.807, 2.05) is 0 Å². The van der Waals surface area contributed by atoms with E-state index in [9.17, 15) is 9.59 Å². The molecule has 6 aliphatic rings. The first-order chi connectivity index (χ1) is 17.0. The number of amides is 1. The molecule has 0 radical (unpaired) electrons. The van der Waals surface area contributed by atoms with E-state index in [-0.39, 0.29) is 29.4 Å². The molecule has 4 bridgehead atoms. The Hall–Kier alpha value is -2.18. The zero-order valence-electron chi connectivity index (χ0n) is 21.5. The summed E-state index contributed by atoms with van der Waals surface area (Å²) in [5.74, 6) is 0.0323. The van der Waals surface area contributed by atoms with Gasteiger partial charge < -0.3 is 14.4 Å². The first kappa shape index (κ1) is 24.2. The van der Waals surface area contributed by atoms with Crippen LogP contribution in [-0.4, -0.2) is 46.7 Å². The molecule has 0 spiro atoms. The number of halogens is 2. The maximum Gasteiger partial charge on any atom is 0.329 e. The number of nitrogens with zero attached hydrogens (tertiary/aromatic N) is 1. The number of esters is 1. The number of likely N-dealkylation sites (tertiary alicyclic amines) is 1. The van der Waals surface area contributed by atoms with Gasteiger partial charge in [0.2, 0.25) is 0 Å². The minimum absolute atomic E-state index is 0.00694. The molecule has 4 unspecified atom stereocenters. The summed E-state index contributed by atoms with van der Waals surface area (Å²) in [6, 6.07) is 2.33. The van der Waals surface area contributed by atoms with Crippen LogP contribution in [0.25, 0.3) is 0 Å². The lowest BCUT2D eigenvalue weighted by molar-refractivity contribution is -0.159. The minimum Gasteiger partial charge on any atom is -0.489 e. The molecule has 196 valence electrons. The summed E-state index contributed by atoms with van der Waals surface area (Å²) in [5.41, 5.74) is -0.834. The van der Waals surface area contributed by atoms with Crippen LogP contribution in [0.3, 0.4) is 0 Å². The predicted molar refractivity (Wildman–Crippen MR) is 130 cm³/mol. The molecule has 1 aliphatic heterocycles. The van der Waals surface area contributed by atoms with Crippen molar-refractivity contribution in [2.45, 2.75) is 108 Å². The van der Waals surface area contributed by atoms with E-state index in [4.69, 9.17) is 9.47 Å². The molecule has 1 saturated heterocycles. The Balaban J connectivity index is 1.25. The molecule has 7 heteroatoms. The minimum atomic E-state index is -1.04. The van der Waals surface area contributed by atoms with E-state index in [1.165, 1.54) is 11.0 Å². The van der Waals surface area contributed by atoms with E-state index in [1.54, 1.807) is 26.8 Å². The Morgan fingerprint density at radius 2 is 1.75 bits per heavy atom. The normalized spacial score (nSPS) is 35.2. The number of carbonyl (C=O) groups is 2. The lowest BCUT2D eigenvalue weighted by Crippen LogP contribution is -2.56. The van der Waals surface area contributed by atoms with Gasteiger partial charge in [-0.15, -0.1) is 0 Å². The molecule has 6 fully saturated rings. The zero-order chi connectivity index (χ0) is 25.4. The molecular formula is C29H37F2NO4. The number of carbonyl (C=O) groups excluding carboxylic acids is 2. The van der Waals surface area contributed by atoms with Gasteiger partial charge in [-0.1, -0.05) is 0 Å². The Bertz CT molecular complexity index is 1060. The number of benzene rings is 1. The third-order valence-electron chi connectivity index (χ3n) is 8.91. The highest BCUT2D eigenvalue weighted by molar-refractivity contribution is 5.98. The van der Waals surface area contributed by atoms with Crippen molar-refractivity contribution in [1.29, 1.82) is 0 Å². The van der Waals surface area contributed by atoms with Gasteiger partial charge in [-0.2, -0.15) is 0 Å². The van der Waals surface area contributed by atoms with Crippen LogP contribution in [0.5, 0.6) is 5.75 Å². The molecule has 5 nitrogen and oxygen atoms in total. The number of ether oxygens (including phenoxy) is 2. The summed E-state index contributed by atoms with van der Waals surface area (Å²) in [6.07, 6.45) is 6.83. The number of hydrogen-bond acceptors (Lipinski definition) is 4. The Kier molecular flexibility index (Phi) is 5.65. The summed E-state index contributed by atoms with van der Waals surface area (Å²) in [7, 11) is 0. The lowest BCUT2D eigenvalue weighted by Gasteiger charge is -2.56. The van der Waals surface area contributed by atoms with Gasteiger partial charge in [0.1, 0.15) is 35.0 Å². The van der Waals surface area contributed by atoms with Gasteiger partial charge in [0.05, 0.1) is 5.56 Å². The maximum absolute atomic E-state index is 15.5. The maximum atomic E-state index is 15.5. The third kappa shape index (κ3) is 4.41. The van der Waals surface area contributed by atoms with Crippen molar-refractivity contribution in [3.05, 3.63) is 29.1 Å². The molecule has 5 aliphatic carbocycles. The molecule has 0 aromatic heterocycles. The first-order valence-corrected chi connectivity index (χ1v) is 13.7. The molecule has 6 atom stereocenters. The highest BCUT2D eigenvalue weighted by Crippen LogP contribution is 2.58. The van der Waals surface area contributed by atoms with Crippen LogP contribution in [0.2, 0.25) is 0 Å². The second kappa shape index (κ2) is 8.42. The van der Waals surface area contributed by atoms with Crippen LogP contribution in [0, 0.1) is 23.6 Å². The summed E-state index contributed by atoms with van der Waals surface area (Å²) in [6.45, 7) is 5.78. The molecule has 1 amide bonds. The van der Waals surface area contributed by atoms with E-state index in [0.717, 1.165) is 31.2 Å². The summed E-state index contributed by atoms with van der Waals surface area (Å²) in [4.78, 5) is 27.7. The Labute approximate surface area is 211 Å². The Morgan fingerprint density at radius 1 is 1.06 bits per heavy atom. The van der Waals surface area contributed by atoms with Crippen LogP contribution in [0.4, 0.5) is 8.78 Å². The average Bonchev–Trinajstić information content (AvgIpc) is 3.48. The smallest absolute Gasteiger partial charge is 0.329 e. The average molecular weight is 502 g/mol. The molecule has 5 saturated carbocycles. The van der Waals surface area contributed by atoms with E-state index in [0.29, 0.717) is 50.3 Å². The van der Waals surface area contributed by atoms with Crippen molar-refractivity contribution < 1.29 is 27.8 Å². The molecule has 36 heavy (non-hydrogen) atoms. The lowest BCUT2D eigenvalue weighted by atomic mass is 9.53. The van der Waals surface area contributed by atoms with Gasteiger partial charge in [0.25, 0.3) is 5.91 Å². The van der Waals surface area contributed by atoms with Gasteiger partial charge in [-0.25, -0.2) is 13.6 Å². The number of rotatable bonds is 5. The first-order valence-electron chi connectivity index (χ1n) is 13.7. The van der Waals surface area contributed by atoms with Gasteiger partial charge in [-0.05, 0) is 114 Å². The van der Waals surface area contributed by atoms with Crippen molar-refractivity contribution in [3.8, 4) is 5.75 Å². The fraction of sp³-hybridized carbons (Fsp3) is 0.724. The predicted octanol–water partition coefficient (Wildman–Crippen LogP) is 5.95. The van der Waals surface area contributed by atoms with Crippen LogP contribution in [-0.2, 0) is 9.53 Å². The van der Waals surface area contributed by atoms with Gasteiger partial charge >= 0.3 is 5.97 Å². The van der Waals surface area contributed by atoms with Crippen LogP contribution in [0.15, 0.2) is 12.1 Å². The highest BCUT2D eigenvalue weighted by atomic mass is 19.1. The number of alkyl halides is 1. The van der Waals surface area contributed by atoms with Crippen molar-refractivity contribution in [1.82, 2.24) is 4.90 Å². The monoisotopic (exact) mass is 501 g/mol. The topological polar surface area (TPSA) is 55.8 Å². The van der Waals surface area contributed by atoms with Crippen LogP contribution < -0.4 is 4.74 Å². The molecule has 1 heterocycles. The largest absolute Gasteiger partial charge is 0.489 e. The van der Waals surface area contributed by atoms with E-state index >= 15 is 8.78 Å². The van der Waals surface area contributed by atoms with Crippen LogP contribution >= 0.6 is 0 Å². The zero-order valence-corrected chi connectivity index (χ0v) is 21.5. The molecule has 0 N–H and O–H groups in total. The van der Waals surface area contributed by atoms with Crippen LogP contribution in [0.1, 0.15) is 100 Å². The summed E-state index contributed by atoms with van der Waals surface area (Å²) in [5, 5.41) is 0. The highest BCUT2D eigenvalue weighted by Gasteiger charge is 2.57. The Morgan fingerprint density at radius 3 is 2.36 bits per heavy atom. The van der Waals surface area contributed by atoms with Gasteiger partial charge in [-0.3, -0.25) is 4.79 Å². The quantitative estimate of drug-likeness (QED) is 0.468. The van der Waals surface area contributed by atoms with E-state index in [2.05, 4.69) is 0 Å². The molecule has 1 aromatic carbocycles.